The van der Waals surface area contributed by atoms with E-state index in [1.165, 1.54) is 5.56 Å². The average molecular weight is 383 g/mol. The summed E-state index contributed by atoms with van der Waals surface area (Å²) in [5, 5.41) is 3.22. The lowest BCUT2D eigenvalue weighted by Crippen LogP contribution is -2.18. The minimum absolute atomic E-state index is 0.265. The van der Waals surface area contributed by atoms with Crippen molar-refractivity contribution in [2.75, 3.05) is 15.6 Å². The molecule has 0 aliphatic heterocycles. The van der Waals surface area contributed by atoms with Crippen molar-refractivity contribution in [1.82, 2.24) is 15.0 Å². The van der Waals surface area contributed by atoms with Crippen LogP contribution in [0.1, 0.15) is 5.56 Å². The van der Waals surface area contributed by atoms with Crippen LogP contribution in [0.2, 0.25) is 0 Å². The molecule has 0 fully saturated rings. The highest BCUT2D eigenvalue weighted by atomic mass is 15.4. The number of rotatable bonds is 6. The molecular formula is C22H21N7. The first-order chi connectivity index (χ1) is 14.2. The molecule has 0 saturated heterocycles. The van der Waals surface area contributed by atoms with Crippen LogP contribution in [0.15, 0.2) is 84.9 Å². The summed E-state index contributed by atoms with van der Waals surface area (Å²) in [5.41, 5.74) is 6.43. The Labute approximate surface area is 169 Å². The third kappa shape index (κ3) is 4.31. The van der Waals surface area contributed by atoms with Gasteiger partial charge in [0.15, 0.2) is 0 Å². The van der Waals surface area contributed by atoms with Crippen LogP contribution < -0.4 is 21.5 Å². The van der Waals surface area contributed by atoms with Gasteiger partial charge in [-0.05, 0) is 43.3 Å². The predicted molar refractivity (Wildman–Crippen MR) is 117 cm³/mol. The van der Waals surface area contributed by atoms with Gasteiger partial charge in [-0.1, -0.05) is 54.1 Å². The van der Waals surface area contributed by atoms with Crippen molar-refractivity contribution < 1.29 is 0 Å². The van der Waals surface area contributed by atoms with Crippen molar-refractivity contribution in [3.63, 3.8) is 0 Å². The Morgan fingerprint density at radius 1 is 0.690 bits per heavy atom. The Balaban J connectivity index is 1.79. The van der Waals surface area contributed by atoms with Gasteiger partial charge in [0, 0.05) is 17.1 Å². The van der Waals surface area contributed by atoms with E-state index in [1.807, 2.05) is 96.8 Å². The maximum absolute atomic E-state index is 5.63. The van der Waals surface area contributed by atoms with Crippen molar-refractivity contribution in [3.8, 4) is 0 Å². The Kier molecular flexibility index (Phi) is 5.31. The maximum atomic E-state index is 5.63. The Morgan fingerprint density at radius 3 is 1.79 bits per heavy atom. The number of aromatic nitrogens is 3. The highest BCUT2D eigenvalue weighted by molar-refractivity contribution is 5.73. The molecule has 4 aromatic rings. The van der Waals surface area contributed by atoms with Gasteiger partial charge in [-0.2, -0.15) is 15.0 Å². The summed E-state index contributed by atoms with van der Waals surface area (Å²) in [6.45, 7) is 2.04. The lowest BCUT2D eigenvalue weighted by atomic mass is 10.2. The molecule has 0 amide bonds. The molecule has 144 valence electrons. The number of hydrazine groups is 1. The van der Waals surface area contributed by atoms with Crippen LogP contribution in [0.25, 0.3) is 0 Å². The van der Waals surface area contributed by atoms with Gasteiger partial charge in [0.25, 0.3) is 0 Å². The minimum atomic E-state index is 0.265. The van der Waals surface area contributed by atoms with E-state index in [2.05, 4.69) is 25.7 Å². The third-order valence-corrected chi connectivity index (χ3v) is 4.29. The zero-order valence-electron chi connectivity index (χ0n) is 15.9. The van der Waals surface area contributed by atoms with Crippen LogP contribution in [0.3, 0.4) is 0 Å². The van der Waals surface area contributed by atoms with E-state index >= 15 is 0 Å². The van der Waals surface area contributed by atoms with Gasteiger partial charge < -0.3 is 5.32 Å². The maximum Gasteiger partial charge on any atom is 0.243 e. The highest BCUT2D eigenvalue weighted by Crippen LogP contribution is 2.32. The molecule has 7 heteroatoms. The molecule has 0 bridgehead atoms. The number of para-hydroxylation sites is 2. The van der Waals surface area contributed by atoms with Gasteiger partial charge in [-0.3, -0.25) is 10.3 Å². The van der Waals surface area contributed by atoms with Gasteiger partial charge in [0.05, 0.1) is 0 Å². The van der Waals surface area contributed by atoms with Crippen LogP contribution >= 0.6 is 0 Å². The van der Waals surface area contributed by atoms with E-state index in [9.17, 15) is 0 Å². The van der Waals surface area contributed by atoms with E-state index in [4.69, 9.17) is 5.84 Å². The summed E-state index contributed by atoms with van der Waals surface area (Å²) in [7, 11) is 0. The fourth-order valence-electron chi connectivity index (χ4n) is 2.89. The number of nitrogen functional groups attached to an aromatic ring is 1. The summed E-state index contributed by atoms with van der Waals surface area (Å²) in [6.07, 6.45) is 0. The number of hydrogen-bond donors (Lipinski definition) is 3. The summed E-state index contributed by atoms with van der Waals surface area (Å²) in [4.78, 5) is 15.4. The largest absolute Gasteiger partial charge is 0.324 e. The first-order valence-electron chi connectivity index (χ1n) is 9.19. The molecule has 1 heterocycles. The monoisotopic (exact) mass is 383 g/mol. The first kappa shape index (κ1) is 18.4. The van der Waals surface area contributed by atoms with Crippen molar-refractivity contribution in [2.24, 2.45) is 5.84 Å². The zero-order chi connectivity index (χ0) is 20.1. The second kappa shape index (κ2) is 8.37. The smallest absolute Gasteiger partial charge is 0.243 e. The first-order valence-corrected chi connectivity index (χ1v) is 9.19. The van der Waals surface area contributed by atoms with Gasteiger partial charge in [-0.15, -0.1) is 0 Å². The molecule has 0 radical (unpaired) electrons. The van der Waals surface area contributed by atoms with Crippen LogP contribution in [0.5, 0.6) is 0 Å². The molecule has 4 N–H and O–H groups in total. The number of nitrogens with zero attached hydrogens (tertiary/aromatic N) is 4. The van der Waals surface area contributed by atoms with Gasteiger partial charge in [0.2, 0.25) is 17.8 Å². The second-order valence-electron chi connectivity index (χ2n) is 6.42. The number of aryl methyl sites for hydroxylation is 1. The second-order valence-corrected chi connectivity index (χ2v) is 6.42. The Morgan fingerprint density at radius 2 is 1.24 bits per heavy atom. The average Bonchev–Trinajstić information content (AvgIpc) is 2.77. The fourth-order valence-corrected chi connectivity index (χ4v) is 2.89. The molecule has 0 aliphatic rings. The fraction of sp³-hybridized carbons (Fsp3) is 0.0455. The van der Waals surface area contributed by atoms with Crippen molar-refractivity contribution in [2.45, 2.75) is 6.92 Å². The molecule has 0 spiro atoms. The van der Waals surface area contributed by atoms with E-state index in [1.54, 1.807) is 0 Å². The lowest BCUT2D eigenvalue weighted by molar-refractivity contribution is 1.00. The predicted octanol–water partition coefficient (Wildman–Crippen LogP) is 4.68. The summed E-state index contributed by atoms with van der Waals surface area (Å²) >= 11 is 0. The Hall–Kier alpha value is -3.97. The van der Waals surface area contributed by atoms with Gasteiger partial charge >= 0.3 is 0 Å². The number of nitrogens with one attached hydrogen (secondary N) is 2. The molecular weight excluding hydrogens is 362 g/mol. The molecule has 3 aromatic carbocycles. The molecule has 4 rings (SSSR count). The molecule has 0 unspecified atom stereocenters. The van der Waals surface area contributed by atoms with Gasteiger partial charge in [0.1, 0.15) is 0 Å². The van der Waals surface area contributed by atoms with Crippen molar-refractivity contribution in [1.29, 1.82) is 0 Å². The lowest BCUT2D eigenvalue weighted by Gasteiger charge is -2.23. The number of nitrogens with two attached hydrogens (primary N) is 1. The number of anilines is 6. The Bertz CT molecular complexity index is 1030. The normalized spacial score (nSPS) is 10.4. The van der Waals surface area contributed by atoms with E-state index in [0.29, 0.717) is 11.9 Å². The highest BCUT2D eigenvalue weighted by Gasteiger charge is 2.17. The summed E-state index contributed by atoms with van der Waals surface area (Å²) < 4.78 is 0. The molecule has 0 aliphatic carbocycles. The summed E-state index contributed by atoms with van der Waals surface area (Å²) in [6, 6.07) is 27.8. The van der Waals surface area contributed by atoms with Crippen molar-refractivity contribution in [3.05, 3.63) is 90.5 Å². The minimum Gasteiger partial charge on any atom is -0.324 e. The van der Waals surface area contributed by atoms with Crippen molar-refractivity contribution >= 4 is 34.9 Å². The molecule has 7 nitrogen and oxygen atoms in total. The topological polar surface area (TPSA) is 92.0 Å². The quantitative estimate of drug-likeness (QED) is 0.329. The van der Waals surface area contributed by atoms with Crippen LogP contribution in [0, 0.1) is 6.92 Å². The SMILES string of the molecule is Cc1ccc(Nc2nc(NN)nc(N(c3ccccc3)c3ccccc3)n2)cc1. The summed E-state index contributed by atoms with van der Waals surface area (Å²) in [5.74, 6) is 6.73. The van der Waals surface area contributed by atoms with E-state index in [-0.39, 0.29) is 5.95 Å². The van der Waals surface area contributed by atoms with E-state index < -0.39 is 0 Å². The number of benzene rings is 3. The molecule has 29 heavy (non-hydrogen) atoms. The number of hydrogen-bond acceptors (Lipinski definition) is 7. The van der Waals surface area contributed by atoms with Crippen LogP contribution in [-0.4, -0.2) is 15.0 Å². The zero-order valence-corrected chi connectivity index (χ0v) is 15.9. The van der Waals surface area contributed by atoms with E-state index in [0.717, 1.165) is 17.1 Å². The van der Waals surface area contributed by atoms with Crippen LogP contribution in [-0.2, 0) is 0 Å². The third-order valence-electron chi connectivity index (χ3n) is 4.29. The van der Waals surface area contributed by atoms with Crippen LogP contribution in [0.4, 0.5) is 34.9 Å². The van der Waals surface area contributed by atoms with Gasteiger partial charge in [-0.25, -0.2) is 5.84 Å². The molecule has 1 aromatic heterocycles. The standard InChI is InChI=1S/C22H21N7/c1-16-12-14-17(15-13-16)24-20-25-21(28-23)27-22(26-20)29(18-8-4-2-5-9-18)19-10-6-3-7-11-19/h2-15H,23H2,1H3,(H2,24,25,26,27,28). The molecule has 0 saturated carbocycles. The molecule has 0 atom stereocenters.